The summed E-state index contributed by atoms with van der Waals surface area (Å²) in [6.07, 6.45) is 5.03. The van der Waals surface area contributed by atoms with Gasteiger partial charge in [-0.2, -0.15) is 0 Å². The molecule has 84 valence electrons. The summed E-state index contributed by atoms with van der Waals surface area (Å²) in [5.74, 6) is 0.882. The van der Waals surface area contributed by atoms with Crippen molar-refractivity contribution < 1.29 is 4.74 Å². The van der Waals surface area contributed by atoms with Crippen LogP contribution in [-0.4, -0.2) is 32.3 Å². The zero-order valence-electron chi connectivity index (χ0n) is 9.30. The molecule has 1 saturated carbocycles. The quantitative estimate of drug-likeness (QED) is 0.549. The first-order valence-corrected chi connectivity index (χ1v) is 5.83. The molecule has 1 unspecified atom stereocenters. The summed E-state index contributed by atoms with van der Waals surface area (Å²) in [6, 6.07) is 0.336. The van der Waals surface area contributed by atoms with Crippen molar-refractivity contribution in [2.45, 2.75) is 38.6 Å². The minimum Gasteiger partial charge on any atom is -0.380 e. The van der Waals surface area contributed by atoms with E-state index in [4.69, 9.17) is 10.5 Å². The van der Waals surface area contributed by atoms with Crippen molar-refractivity contribution in [2.75, 3.05) is 26.3 Å². The molecule has 0 radical (unpaired) electrons. The van der Waals surface area contributed by atoms with Gasteiger partial charge in [-0.1, -0.05) is 0 Å². The van der Waals surface area contributed by atoms with Crippen LogP contribution in [0.3, 0.4) is 0 Å². The Balaban J connectivity index is 1.66. The number of hydrogen-bond acceptors (Lipinski definition) is 3. The lowest BCUT2D eigenvalue weighted by Crippen LogP contribution is -2.23. The summed E-state index contributed by atoms with van der Waals surface area (Å²) in [7, 11) is 0. The van der Waals surface area contributed by atoms with Crippen LogP contribution in [0.5, 0.6) is 0 Å². The SMILES string of the molecule is CC(N)CCCNCCOCC1CC1. The first kappa shape index (κ1) is 12.0. The van der Waals surface area contributed by atoms with E-state index in [-0.39, 0.29) is 0 Å². The average molecular weight is 200 g/mol. The van der Waals surface area contributed by atoms with E-state index in [1.807, 2.05) is 0 Å². The third-order valence-electron chi connectivity index (χ3n) is 2.49. The molecule has 0 aromatic carbocycles. The molecule has 3 nitrogen and oxygen atoms in total. The molecule has 0 saturated heterocycles. The molecular weight excluding hydrogens is 176 g/mol. The van der Waals surface area contributed by atoms with Crippen LogP contribution in [0, 0.1) is 5.92 Å². The Morgan fingerprint density at radius 2 is 2.21 bits per heavy atom. The Bertz CT molecular complexity index is 127. The minimum absolute atomic E-state index is 0.336. The molecular formula is C11H24N2O. The predicted molar refractivity (Wildman–Crippen MR) is 59.3 cm³/mol. The summed E-state index contributed by atoms with van der Waals surface area (Å²) in [5.41, 5.74) is 5.64. The van der Waals surface area contributed by atoms with Gasteiger partial charge in [-0.15, -0.1) is 0 Å². The molecule has 0 bridgehead atoms. The summed E-state index contributed by atoms with van der Waals surface area (Å²) in [6.45, 7) is 5.93. The van der Waals surface area contributed by atoms with Gasteiger partial charge in [-0.05, 0) is 45.1 Å². The number of hydrogen-bond donors (Lipinski definition) is 2. The molecule has 1 aliphatic rings. The van der Waals surface area contributed by atoms with Gasteiger partial charge in [0, 0.05) is 19.2 Å². The average Bonchev–Trinajstić information content (AvgIpc) is 2.92. The van der Waals surface area contributed by atoms with Crippen LogP contribution in [0.15, 0.2) is 0 Å². The Morgan fingerprint density at radius 1 is 1.43 bits per heavy atom. The van der Waals surface area contributed by atoms with Crippen molar-refractivity contribution in [2.24, 2.45) is 11.7 Å². The third-order valence-corrected chi connectivity index (χ3v) is 2.49. The van der Waals surface area contributed by atoms with E-state index in [9.17, 15) is 0 Å². The minimum atomic E-state index is 0.336. The normalized spacial score (nSPS) is 18.4. The molecule has 0 aliphatic heterocycles. The highest BCUT2D eigenvalue weighted by atomic mass is 16.5. The van der Waals surface area contributed by atoms with Crippen LogP contribution in [-0.2, 0) is 4.74 Å². The fourth-order valence-corrected chi connectivity index (χ4v) is 1.35. The standard InChI is InChI=1S/C11H24N2O/c1-10(12)3-2-6-13-7-8-14-9-11-4-5-11/h10-11,13H,2-9,12H2,1H3. The van der Waals surface area contributed by atoms with E-state index >= 15 is 0 Å². The molecule has 3 N–H and O–H groups in total. The summed E-state index contributed by atoms with van der Waals surface area (Å²) < 4.78 is 5.50. The molecule has 0 aromatic rings. The third kappa shape index (κ3) is 7.30. The molecule has 0 spiro atoms. The summed E-state index contributed by atoms with van der Waals surface area (Å²) >= 11 is 0. The highest BCUT2D eigenvalue weighted by molar-refractivity contribution is 4.71. The van der Waals surface area contributed by atoms with Crippen LogP contribution in [0.2, 0.25) is 0 Å². The van der Waals surface area contributed by atoms with Crippen LogP contribution in [0.1, 0.15) is 32.6 Å². The van der Waals surface area contributed by atoms with Crippen molar-refractivity contribution in [1.29, 1.82) is 0 Å². The van der Waals surface area contributed by atoms with Gasteiger partial charge < -0.3 is 15.8 Å². The molecule has 1 rings (SSSR count). The first-order chi connectivity index (χ1) is 6.79. The monoisotopic (exact) mass is 200 g/mol. The Labute approximate surface area is 87.4 Å². The largest absolute Gasteiger partial charge is 0.380 e. The second-order valence-corrected chi connectivity index (χ2v) is 4.39. The van der Waals surface area contributed by atoms with E-state index in [1.54, 1.807) is 0 Å². The molecule has 0 aromatic heterocycles. The molecule has 1 aliphatic carbocycles. The maximum Gasteiger partial charge on any atom is 0.0591 e. The second kappa shape index (κ2) is 7.21. The molecule has 0 heterocycles. The lowest BCUT2D eigenvalue weighted by Gasteiger charge is -2.07. The van der Waals surface area contributed by atoms with Gasteiger partial charge in [0.15, 0.2) is 0 Å². The van der Waals surface area contributed by atoms with Gasteiger partial charge in [-0.25, -0.2) is 0 Å². The first-order valence-electron chi connectivity index (χ1n) is 5.83. The van der Waals surface area contributed by atoms with Gasteiger partial charge in [-0.3, -0.25) is 0 Å². The van der Waals surface area contributed by atoms with E-state index in [1.165, 1.54) is 19.3 Å². The maximum atomic E-state index is 5.64. The van der Waals surface area contributed by atoms with Crippen molar-refractivity contribution in [3.63, 3.8) is 0 Å². The number of nitrogens with one attached hydrogen (secondary N) is 1. The predicted octanol–water partition coefficient (Wildman–Crippen LogP) is 1.13. The fraction of sp³-hybridized carbons (Fsp3) is 1.00. The lowest BCUT2D eigenvalue weighted by atomic mass is 10.2. The lowest BCUT2D eigenvalue weighted by molar-refractivity contribution is 0.126. The van der Waals surface area contributed by atoms with E-state index in [2.05, 4.69) is 12.2 Å². The Kier molecular flexibility index (Phi) is 6.15. The molecule has 1 atom stereocenters. The zero-order chi connectivity index (χ0) is 10.2. The van der Waals surface area contributed by atoms with Crippen LogP contribution in [0.25, 0.3) is 0 Å². The molecule has 14 heavy (non-hydrogen) atoms. The van der Waals surface area contributed by atoms with E-state index in [0.29, 0.717) is 6.04 Å². The van der Waals surface area contributed by atoms with Gasteiger partial charge >= 0.3 is 0 Å². The summed E-state index contributed by atoms with van der Waals surface area (Å²) in [4.78, 5) is 0. The summed E-state index contributed by atoms with van der Waals surface area (Å²) in [5, 5.41) is 3.35. The van der Waals surface area contributed by atoms with Crippen molar-refractivity contribution in [3.8, 4) is 0 Å². The molecule has 1 fully saturated rings. The maximum absolute atomic E-state index is 5.64. The topological polar surface area (TPSA) is 47.3 Å². The molecule has 0 amide bonds. The van der Waals surface area contributed by atoms with Crippen LogP contribution < -0.4 is 11.1 Å². The van der Waals surface area contributed by atoms with E-state index < -0.39 is 0 Å². The highest BCUT2D eigenvalue weighted by Gasteiger charge is 2.20. The number of nitrogens with two attached hydrogens (primary N) is 1. The van der Waals surface area contributed by atoms with Crippen LogP contribution >= 0.6 is 0 Å². The van der Waals surface area contributed by atoms with Gasteiger partial charge in [0.25, 0.3) is 0 Å². The van der Waals surface area contributed by atoms with Crippen molar-refractivity contribution in [1.82, 2.24) is 5.32 Å². The van der Waals surface area contributed by atoms with Crippen LogP contribution in [0.4, 0.5) is 0 Å². The molecule has 3 heteroatoms. The highest BCUT2D eigenvalue weighted by Crippen LogP contribution is 2.28. The van der Waals surface area contributed by atoms with E-state index in [0.717, 1.165) is 38.6 Å². The van der Waals surface area contributed by atoms with Crippen molar-refractivity contribution in [3.05, 3.63) is 0 Å². The fourth-order valence-electron chi connectivity index (χ4n) is 1.35. The zero-order valence-corrected chi connectivity index (χ0v) is 9.30. The second-order valence-electron chi connectivity index (χ2n) is 4.39. The van der Waals surface area contributed by atoms with Gasteiger partial charge in [0.1, 0.15) is 0 Å². The van der Waals surface area contributed by atoms with Gasteiger partial charge in [0.2, 0.25) is 0 Å². The smallest absolute Gasteiger partial charge is 0.0591 e. The Hall–Kier alpha value is -0.120. The number of ether oxygens (including phenoxy) is 1. The van der Waals surface area contributed by atoms with Crippen molar-refractivity contribution >= 4 is 0 Å². The Morgan fingerprint density at radius 3 is 2.86 bits per heavy atom. The van der Waals surface area contributed by atoms with Gasteiger partial charge in [0.05, 0.1) is 6.61 Å². The number of rotatable bonds is 9.